The van der Waals surface area contributed by atoms with Crippen molar-refractivity contribution in [3.63, 3.8) is 0 Å². The molecule has 0 spiro atoms. The van der Waals surface area contributed by atoms with E-state index in [4.69, 9.17) is 16.3 Å². The van der Waals surface area contributed by atoms with Crippen LogP contribution in [-0.4, -0.2) is 12.5 Å². The highest BCUT2D eigenvalue weighted by molar-refractivity contribution is 6.31. The van der Waals surface area contributed by atoms with E-state index in [9.17, 15) is 4.79 Å². The molecular formula is C22H24ClNO2. The number of halogens is 1. The van der Waals surface area contributed by atoms with Crippen LogP contribution in [0, 0.1) is 0 Å². The van der Waals surface area contributed by atoms with E-state index < -0.39 is 0 Å². The number of carbonyl (C=O) groups excluding carboxylic acids is 1. The van der Waals surface area contributed by atoms with E-state index in [1.54, 1.807) is 12.1 Å². The van der Waals surface area contributed by atoms with Gasteiger partial charge in [-0.2, -0.15) is 0 Å². The normalized spacial score (nSPS) is 13.8. The Morgan fingerprint density at radius 2 is 1.88 bits per heavy atom. The Kier molecular flexibility index (Phi) is 6.73. The number of amides is 1. The molecule has 0 saturated carbocycles. The molecule has 0 fully saturated rings. The van der Waals surface area contributed by atoms with Crippen LogP contribution in [0.5, 0.6) is 5.75 Å². The van der Waals surface area contributed by atoms with Gasteiger partial charge in [0.2, 0.25) is 0 Å². The van der Waals surface area contributed by atoms with E-state index in [1.807, 2.05) is 36.4 Å². The Labute approximate surface area is 160 Å². The topological polar surface area (TPSA) is 38.3 Å². The van der Waals surface area contributed by atoms with E-state index >= 15 is 0 Å². The number of hydrogen-bond acceptors (Lipinski definition) is 2. The third-order valence-electron chi connectivity index (χ3n) is 4.59. The van der Waals surface area contributed by atoms with Crippen LogP contribution in [0.4, 0.5) is 0 Å². The number of ether oxygens (including phenoxy) is 1. The zero-order chi connectivity index (χ0) is 18.2. The highest BCUT2D eigenvalue weighted by Gasteiger charge is 2.08. The summed E-state index contributed by atoms with van der Waals surface area (Å²) in [7, 11) is 0. The molecule has 1 amide bonds. The summed E-state index contributed by atoms with van der Waals surface area (Å²) in [6.07, 6.45) is 8.19. The quantitative estimate of drug-likeness (QED) is 0.651. The predicted molar refractivity (Wildman–Crippen MR) is 106 cm³/mol. The van der Waals surface area contributed by atoms with Gasteiger partial charge < -0.3 is 10.1 Å². The Morgan fingerprint density at radius 3 is 2.62 bits per heavy atom. The third kappa shape index (κ3) is 5.37. The standard InChI is InChI=1S/C22H24ClNO2/c23-21-9-5-4-8-19(21)16-26-20-12-10-18(11-13-20)22(25)24-15-14-17-6-2-1-3-7-17/h4-6,8-13H,1-3,7,14-16H2,(H,24,25). The lowest BCUT2D eigenvalue weighted by atomic mass is 9.97. The van der Waals surface area contributed by atoms with Gasteiger partial charge in [-0.1, -0.05) is 41.4 Å². The van der Waals surface area contributed by atoms with Crippen LogP contribution in [-0.2, 0) is 6.61 Å². The summed E-state index contributed by atoms with van der Waals surface area (Å²) in [6.45, 7) is 1.09. The number of carbonyl (C=O) groups is 1. The van der Waals surface area contributed by atoms with Crippen LogP contribution in [0.15, 0.2) is 60.2 Å². The van der Waals surface area contributed by atoms with Crippen molar-refractivity contribution in [2.45, 2.75) is 38.7 Å². The molecule has 2 aromatic carbocycles. The summed E-state index contributed by atoms with van der Waals surface area (Å²) in [5.41, 5.74) is 3.06. The smallest absolute Gasteiger partial charge is 0.251 e. The van der Waals surface area contributed by atoms with Crippen molar-refractivity contribution in [3.05, 3.63) is 76.3 Å². The summed E-state index contributed by atoms with van der Waals surface area (Å²) in [5.74, 6) is 0.674. The zero-order valence-corrected chi connectivity index (χ0v) is 15.6. The maximum Gasteiger partial charge on any atom is 0.251 e. The van der Waals surface area contributed by atoms with E-state index in [-0.39, 0.29) is 5.91 Å². The van der Waals surface area contributed by atoms with Gasteiger partial charge in [-0.05, 0) is 62.4 Å². The molecule has 2 aromatic rings. The molecule has 0 saturated heterocycles. The van der Waals surface area contributed by atoms with Crippen LogP contribution in [0.25, 0.3) is 0 Å². The first-order valence-corrected chi connectivity index (χ1v) is 9.52. The molecule has 0 heterocycles. The van der Waals surface area contributed by atoms with Crippen LogP contribution >= 0.6 is 11.6 Å². The molecular weight excluding hydrogens is 346 g/mol. The molecule has 1 N–H and O–H groups in total. The molecule has 3 nitrogen and oxygen atoms in total. The number of rotatable bonds is 7. The summed E-state index contributed by atoms with van der Waals surface area (Å²) >= 11 is 6.12. The molecule has 0 aliphatic heterocycles. The van der Waals surface area contributed by atoms with Gasteiger partial charge in [0, 0.05) is 22.7 Å². The fourth-order valence-corrected chi connectivity index (χ4v) is 3.24. The Bertz CT molecular complexity index is 768. The number of nitrogens with one attached hydrogen (secondary N) is 1. The van der Waals surface area contributed by atoms with Gasteiger partial charge in [0.05, 0.1) is 0 Å². The van der Waals surface area contributed by atoms with Crippen molar-refractivity contribution >= 4 is 17.5 Å². The van der Waals surface area contributed by atoms with E-state index in [0.717, 1.165) is 12.0 Å². The second kappa shape index (κ2) is 9.44. The van der Waals surface area contributed by atoms with E-state index in [2.05, 4.69) is 11.4 Å². The Hall–Kier alpha value is -2.26. The molecule has 0 aromatic heterocycles. The zero-order valence-electron chi connectivity index (χ0n) is 14.8. The SMILES string of the molecule is O=C(NCCC1=CCCCC1)c1ccc(OCc2ccccc2Cl)cc1. The lowest BCUT2D eigenvalue weighted by Crippen LogP contribution is -2.24. The Morgan fingerprint density at radius 1 is 1.08 bits per heavy atom. The lowest BCUT2D eigenvalue weighted by Gasteiger charge is -2.13. The molecule has 3 rings (SSSR count). The average Bonchev–Trinajstić information content (AvgIpc) is 2.68. The molecule has 1 aliphatic rings. The number of hydrogen-bond donors (Lipinski definition) is 1. The fraction of sp³-hybridized carbons (Fsp3) is 0.318. The summed E-state index contributed by atoms with van der Waals surface area (Å²) < 4.78 is 5.74. The second-order valence-electron chi connectivity index (χ2n) is 6.52. The highest BCUT2D eigenvalue weighted by Crippen LogP contribution is 2.20. The number of benzene rings is 2. The maximum absolute atomic E-state index is 12.2. The summed E-state index contributed by atoms with van der Waals surface area (Å²) in [4.78, 5) is 12.2. The van der Waals surface area contributed by atoms with Crippen molar-refractivity contribution in [1.29, 1.82) is 0 Å². The number of allylic oxidation sites excluding steroid dienone is 1. The lowest BCUT2D eigenvalue weighted by molar-refractivity contribution is 0.0954. The minimum Gasteiger partial charge on any atom is -0.489 e. The molecule has 0 unspecified atom stereocenters. The van der Waals surface area contributed by atoms with Crippen molar-refractivity contribution < 1.29 is 9.53 Å². The van der Waals surface area contributed by atoms with Gasteiger partial charge in [0.25, 0.3) is 5.91 Å². The molecule has 1 aliphatic carbocycles. The molecule has 0 bridgehead atoms. The van der Waals surface area contributed by atoms with Crippen molar-refractivity contribution in [3.8, 4) is 5.75 Å². The van der Waals surface area contributed by atoms with Crippen molar-refractivity contribution in [2.75, 3.05) is 6.54 Å². The largest absolute Gasteiger partial charge is 0.489 e. The third-order valence-corrected chi connectivity index (χ3v) is 4.95. The van der Waals surface area contributed by atoms with Crippen molar-refractivity contribution in [2.24, 2.45) is 0 Å². The van der Waals surface area contributed by atoms with Gasteiger partial charge in [-0.25, -0.2) is 0 Å². The molecule has 136 valence electrons. The molecule has 0 radical (unpaired) electrons. The van der Waals surface area contributed by atoms with E-state index in [1.165, 1.54) is 31.3 Å². The van der Waals surface area contributed by atoms with Crippen LogP contribution in [0.2, 0.25) is 5.02 Å². The second-order valence-corrected chi connectivity index (χ2v) is 6.93. The maximum atomic E-state index is 12.2. The summed E-state index contributed by atoms with van der Waals surface area (Å²) in [5, 5.41) is 3.68. The van der Waals surface area contributed by atoms with Crippen molar-refractivity contribution in [1.82, 2.24) is 5.32 Å². The summed E-state index contributed by atoms with van der Waals surface area (Å²) in [6, 6.07) is 14.8. The molecule has 4 heteroatoms. The monoisotopic (exact) mass is 369 g/mol. The molecule has 0 atom stereocenters. The first-order chi connectivity index (χ1) is 12.7. The minimum atomic E-state index is -0.0425. The average molecular weight is 370 g/mol. The highest BCUT2D eigenvalue weighted by atomic mass is 35.5. The van der Waals surface area contributed by atoms with Crippen LogP contribution in [0.3, 0.4) is 0 Å². The minimum absolute atomic E-state index is 0.0425. The Balaban J connectivity index is 1.46. The van der Waals surface area contributed by atoms with Gasteiger partial charge in [-0.3, -0.25) is 4.79 Å². The first-order valence-electron chi connectivity index (χ1n) is 9.15. The van der Waals surface area contributed by atoms with Gasteiger partial charge in [0.15, 0.2) is 0 Å². The molecule has 26 heavy (non-hydrogen) atoms. The van der Waals surface area contributed by atoms with Gasteiger partial charge >= 0.3 is 0 Å². The predicted octanol–water partition coefficient (Wildman–Crippen LogP) is 5.54. The van der Waals surface area contributed by atoms with Gasteiger partial charge in [0.1, 0.15) is 12.4 Å². The van der Waals surface area contributed by atoms with Crippen LogP contribution in [0.1, 0.15) is 48.0 Å². The first kappa shape index (κ1) is 18.5. The fourth-order valence-electron chi connectivity index (χ4n) is 3.05. The van der Waals surface area contributed by atoms with Gasteiger partial charge in [-0.15, -0.1) is 0 Å². The van der Waals surface area contributed by atoms with E-state index in [0.29, 0.717) is 29.5 Å². The van der Waals surface area contributed by atoms with Crippen LogP contribution < -0.4 is 10.1 Å².